The molecule has 0 saturated heterocycles. The van der Waals surface area contributed by atoms with Crippen LogP contribution in [-0.2, 0) is 26.2 Å². The number of rotatable bonds is 13. The Balaban J connectivity index is 2.20. The van der Waals surface area contributed by atoms with E-state index in [-0.39, 0.29) is 45.1 Å². The van der Waals surface area contributed by atoms with Gasteiger partial charge in [0.05, 0.1) is 42.0 Å². The summed E-state index contributed by atoms with van der Waals surface area (Å²) in [7, 11) is -0.307. The van der Waals surface area contributed by atoms with E-state index in [0.717, 1.165) is 4.31 Å². The van der Waals surface area contributed by atoms with Crippen LogP contribution in [0, 0.1) is 0 Å². The maximum Gasteiger partial charge on any atom is 0.265 e. The number of halogens is 3. The van der Waals surface area contributed by atoms with Gasteiger partial charge >= 0.3 is 0 Å². The number of benzene rings is 3. The molecule has 0 aliphatic rings. The van der Waals surface area contributed by atoms with Gasteiger partial charge in [0.1, 0.15) is 18.3 Å². The van der Waals surface area contributed by atoms with Crippen molar-refractivity contribution in [2.45, 2.75) is 57.1 Å². The number of nitrogens with zero attached hydrogens (tertiary/aromatic N) is 2. The Bertz CT molecular complexity index is 1680. The van der Waals surface area contributed by atoms with E-state index in [1.54, 1.807) is 25.1 Å². The van der Waals surface area contributed by atoms with Gasteiger partial charge in [0.25, 0.3) is 10.0 Å². The van der Waals surface area contributed by atoms with Crippen molar-refractivity contribution in [3.63, 3.8) is 0 Å². The van der Waals surface area contributed by atoms with E-state index in [2.05, 4.69) is 5.32 Å². The van der Waals surface area contributed by atoms with E-state index >= 15 is 0 Å². The second-order valence-corrected chi connectivity index (χ2v) is 14.4. The Morgan fingerprint density at radius 1 is 0.848 bits per heavy atom. The molecule has 3 aromatic rings. The molecular formula is C32H38Cl3N3O7S. The van der Waals surface area contributed by atoms with Crippen LogP contribution in [0.2, 0.25) is 15.1 Å². The average molecular weight is 715 g/mol. The van der Waals surface area contributed by atoms with E-state index in [1.807, 2.05) is 20.8 Å². The molecular weight excluding hydrogens is 677 g/mol. The van der Waals surface area contributed by atoms with Crippen LogP contribution in [-0.4, -0.2) is 64.6 Å². The minimum Gasteiger partial charge on any atom is -0.495 e. The summed E-state index contributed by atoms with van der Waals surface area (Å²) in [6.45, 7) is 6.46. The fraction of sp³-hybridized carbons (Fsp3) is 0.375. The Hall–Kier alpha value is -3.38. The van der Waals surface area contributed by atoms with Crippen LogP contribution in [0.15, 0.2) is 59.5 Å². The van der Waals surface area contributed by atoms with E-state index in [1.165, 1.54) is 62.6 Å². The van der Waals surface area contributed by atoms with E-state index in [9.17, 15) is 18.0 Å². The molecule has 46 heavy (non-hydrogen) atoms. The number of anilines is 1. The Labute approximate surface area is 285 Å². The van der Waals surface area contributed by atoms with E-state index < -0.39 is 40.0 Å². The molecule has 2 amide bonds. The summed E-state index contributed by atoms with van der Waals surface area (Å²) < 4.78 is 45.8. The minimum atomic E-state index is -4.48. The van der Waals surface area contributed by atoms with Gasteiger partial charge in [-0.25, -0.2) is 8.42 Å². The molecule has 1 atom stereocenters. The number of methoxy groups -OCH3 is 3. The molecule has 0 radical (unpaired) electrons. The molecule has 250 valence electrons. The van der Waals surface area contributed by atoms with Crippen LogP contribution in [0.1, 0.15) is 39.7 Å². The maximum atomic E-state index is 14.4. The van der Waals surface area contributed by atoms with Gasteiger partial charge in [0.15, 0.2) is 11.5 Å². The number of carbonyl (C=O) groups is 2. The molecule has 1 N–H and O–H groups in total. The molecule has 3 aromatic carbocycles. The van der Waals surface area contributed by atoms with Gasteiger partial charge in [-0.05, 0) is 75.2 Å². The van der Waals surface area contributed by atoms with Crippen molar-refractivity contribution in [1.29, 1.82) is 0 Å². The topological polar surface area (TPSA) is 114 Å². The van der Waals surface area contributed by atoms with Crippen LogP contribution in [0.5, 0.6) is 17.2 Å². The Morgan fingerprint density at radius 2 is 1.48 bits per heavy atom. The molecule has 0 bridgehead atoms. The van der Waals surface area contributed by atoms with Crippen LogP contribution >= 0.6 is 34.8 Å². The molecule has 0 saturated carbocycles. The molecule has 0 aliphatic heterocycles. The average Bonchev–Trinajstić information content (AvgIpc) is 2.99. The fourth-order valence-electron chi connectivity index (χ4n) is 4.68. The largest absolute Gasteiger partial charge is 0.495 e. The summed E-state index contributed by atoms with van der Waals surface area (Å²) in [5.74, 6) is -0.451. The number of hydrogen-bond acceptors (Lipinski definition) is 7. The van der Waals surface area contributed by atoms with Crippen molar-refractivity contribution in [3.8, 4) is 17.2 Å². The molecule has 0 fully saturated rings. The van der Waals surface area contributed by atoms with Crippen LogP contribution < -0.4 is 23.8 Å². The van der Waals surface area contributed by atoms with Crippen LogP contribution in [0.25, 0.3) is 0 Å². The summed E-state index contributed by atoms with van der Waals surface area (Å²) in [6.07, 6.45) is 0.234. The third-order valence-electron chi connectivity index (χ3n) is 6.85. The summed E-state index contributed by atoms with van der Waals surface area (Å²) in [5.41, 5.74) is -0.000981. The van der Waals surface area contributed by atoms with Crippen molar-refractivity contribution in [3.05, 3.63) is 75.2 Å². The lowest BCUT2D eigenvalue weighted by Crippen LogP contribution is -2.55. The first kappa shape index (κ1) is 37.1. The van der Waals surface area contributed by atoms with Crippen molar-refractivity contribution >= 4 is 62.3 Å². The van der Waals surface area contributed by atoms with Gasteiger partial charge < -0.3 is 24.4 Å². The lowest BCUT2D eigenvalue weighted by Gasteiger charge is -2.35. The minimum absolute atomic E-state index is 0.0137. The van der Waals surface area contributed by atoms with Gasteiger partial charge in [0.2, 0.25) is 11.8 Å². The van der Waals surface area contributed by atoms with Crippen LogP contribution in [0.3, 0.4) is 0 Å². The number of nitrogens with one attached hydrogen (secondary N) is 1. The van der Waals surface area contributed by atoms with Gasteiger partial charge in [-0.2, -0.15) is 0 Å². The Kier molecular flexibility index (Phi) is 12.5. The zero-order valence-electron chi connectivity index (χ0n) is 26.7. The first-order valence-corrected chi connectivity index (χ1v) is 16.8. The molecule has 0 aromatic heterocycles. The Morgan fingerprint density at radius 3 is 2.04 bits per heavy atom. The lowest BCUT2D eigenvalue weighted by atomic mass is 10.1. The fourth-order valence-corrected chi connectivity index (χ4v) is 6.60. The van der Waals surface area contributed by atoms with Crippen molar-refractivity contribution in [2.24, 2.45) is 0 Å². The lowest BCUT2D eigenvalue weighted by molar-refractivity contribution is -0.141. The van der Waals surface area contributed by atoms with Crippen LogP contribution in [0.4, 0.5) is 5.69 Å². The van der Waals surface area contributed by atoms with Crippen molar-refractivity contribution in [1.82, 2.24) is 10.2 Å². The summed E-state index contributed by atoms with van der Waals surface area (Å²) in [6, 6.07) is 12.4. The highest BCUT2D eigenvalue weighted by Crippen LogP contribution is 2.37. The predicted molar refractivity (Wildman–Crippen MR) is 181 cm³/mol. The standard InChI is InChI=1S/C32H38Cl3N3O7S/c1-8-25(31(40)36-32(2,3)4)37(18-20-9-12-23(34)24(35)15-20)30(39)19-38(26-16-21(33)10-13-27(26)43-5)46(41,42)22-11-14-28(44-6)29(17-22)45-7/h9-17,25H,8,18-19H2,1-7H3,(H,36,40)/t25-/m0/s1. The third kappa shape index (κ3) is 8.90. The highest BCUT2D eigenvalue weighted by atomic mass is 35.5. The molecule has 3 rings (SSSR count). The number of hydrogen-bond donors (Lipinski definition) is 1. The zero-order chi connectivity index (χ0) is 34.4. The van der Waals surface area contributed by atoms with Gasteiger partial charge in [-0.1, -0.05) is 47.8 Å². The normalized spacial score (nSPS) is 12.2. The second kappa shape index (κ2) is 15.5. The summed E-state index contributed by atoms with van der Waals surface area (Å²) >= 11 is 18.7. The molecule has 0 spiro atoms. The number of ether oxygens (including phenoxy) is 3. The third-order valence-corrected chi connectivity index (χ3v) is 9.58. The van der Waals surface area contributed by atoms with E-state index in [4.69, 9.17) is 49.0 Å². The first-order chi connectivity index (χ1) is 21.6. The van der Waals surface area contributed by atoms with Crippen molar-refractivity contribution in [2.75, 3.05) is 32.2 Å². The highest BCUT2D eigenvalue weighted by Gasteiger charge is 2.36. The summed E-state index contributed by atoms with van der Waals surface area (Å²) in [5, 5.41) is 3.72. The molecule has 0 unspecified atom stereocenters. The quantitative estimate of drug-likeness (QED) is 0.213. The van der Waals surface area contributed by atoms with Gasteiger partial charge in [-0.3, -0.25) is 13.9 Å². The smallest absolute Gasteiger partial charge is 0.265 e. The molecule has 0 heterocycles. The number of sulfonamides is 1. The zero-order valence-corrected chi connectivity index (χ0v) is 29.8. The predicted octanol–water partition coefficient (Wildman–Crippen LogP) is 6.59. The molecule has 0 aliphatic carbocycles. The van der Waals surface area contributed by atoms with Crippen molar-refractivity contribution < 1.29 is 32.2 Å². The number of amides is 2. The number of carbonyl (C=O) groups excluding carboxylic acids is 2. The monoisotopic (exact) mass is 713 g/mol. The van der Waals surface area contributed by atoms with Gasteiger partial charge in [0, 0.05) is 23.2 Å². The van der Waals surface area contributed by atoms with E-state index in [0.29, 0.717) is 16.3 Å². The van der Waals surface area contributed by atoms with Gasteiger partial charge in [-0.15, -0.1) is 0 Å². The molecule has 14 heteroatoms. The second-order valence-electron chi connectivity index (χ2n) is 11.3. The summed E-state index contributed by atoms with van der Waals surface area (Å²) in [4.78, 5) is 29.1. The first-order valence-electron chi connectivity index (χ1n) is 14.2. The highest BCUT2D eigenvalue weighted by molar-refractivity contribution is 7.92. The molecule has 10 nitrogen and oxygen atoms in total. The SMILES string of the molecule is CC[C@@H](C(=O)NC(C)(C)C)N(Cc1ccc(Cl)c(Cl)c1)C(=O)CN(c1cc(Cl)ccc1OC)S(=O)(=O)c1ccc(OC)c(OC)c1. The maximum absolute atomic E-state index is 14.4.